The molecule has 19 heavy (non-hydrogen) atoms. The quantitative estimate of drug-likeness (QED) is 0.859. The molecule has 0 aliphatic heterocycles. The van der Waals surface area contributed by atoms with Gasteiger partial charge in [-0.05, 0) is 19.2 Å². The summed E-state index contributed by atoms with van der Waals surface area (Å²) < 4.78 is 32.6. The van der Waals surface area contributed by atoms with Gasteiger partial charge >= 0.3 is 0 Å². The normalized spacial score (nSPS) is 10.7. The van der Waals surface area contributed by atoms with Gasteiger partial charge in [-0.25, -0.2) is 13.5 Å². The molecule has 5 nitrogen and oxygen atoms in total. The van der Waals surface area contributed by atoms with E-state index in [1.54, 1.807) is 10.9 Å². The molecule has 0 aliphatic rings. The minimum absolute atomic E-state index is 0.287. The van der Waals surface area contributed by atoms with Crippen LogP contribution in [-0.4, -0.2) is 28.6 Å². The van der Waals surface area contributed by atoms with E-state index in [9.17, 15) is 8.78 Å². The lowest BCUT2D eigenvalue weighted by Crippen LogP contribution is -2.09. The summed E-state index contributed by atoms with van der Waals surface area (Å²) in [5.74, 6) is -1.52. The van der Waals surface area contributed by atoms with Crippen LogP contribution in [-0.2, 0) is 13.1 Å². The first-order valence-electron chi connectivity index (χ1n) is 5.80. The maximum absolute atomic E-state index is 12.9. The van der Waals surface area contributed by atoms with Gasteiger partial charge in [0, 0.05) is 18.8 Å². The van der Waals surface area contributed by atoms with Gasteiger partial charge in [-0.2, -0.15) is 0 Å². The number of ether oxygens (including phenoxy) is 1. The van der Waals surface area contributed by atoms with Crippen molar-refractivity contribution in [1.29, 1.82) is 0 Å². The zero-order valence-corrected chi connectivity index (χ0v) is 10.4. The summed E-state index contributed by atoms with van der Waals surface area (Å²) in [6.07, 6.45) is 1.80. The largest absolute Gasteiger partial charge is 0.492 e. The highest BCUT2D eigenvalue weighted by Gasteiger charge is 2.04. The highest BCUT2D eigenvalue weighted by atomic mass is 19.2. The lowest BCUT2D eigenvalue weighted by Gasteiger charge is -2.06. The van der Waals surface area contributed by atoms with Crippen LogP contribution < -0.4 is 10.1 Å². The fraction of sp³-hybridized carbons (Fsp3) is 0.333. The fourth-order valence-electron chi connectivity index (χ4n) is 1.53. The van der Waals surface area contributed by atoms with Crippen LogP contribution in [0.3, 0.4) is 0 Å². The van der Waals surface area contributed by atoms with Crippen molar-refractivity contribution in [3.63, 3.8) is 0 Å². The smallest absolute Gasteiger partial charge is 0.162 e. The molecular weight excluding hydrogens is 254 g/mol. The molecule has 0 saturated heterocycles. The van der Waals surface area contributed by atoms with Gasteiger partial charge in [0.2, 0.25) is 0 Å². The predicted molar refractivity (Wildman–Crippen MR) is 64.6 cm³/mol. The summed E-state index contributed by atoms with van der Waals surface area (Å²) in [6.45, 7) is 1.42. The van der Waals surface area contributed by atoms with E-state index < -0.39 is 11.6 Å². The number of nitrogens with one attached hydrogen (secondary N) is 1. The molecule has 1 heterocycles. The second kappa shape index (κ2) is 6.24. The van der Waals surface area contributed by atoms with Gasteiger partial charge in [0.15, 0.2) is 11.6 Å². The number of rotatable bonds is 6. The Morgan fingerprint density at radius 1 is 1.32 bits per heavy atom. The van der Waals surface area contributed by atoms with Crippen molar-refractivity contribution in [3.8, 4) is 5.75 Å². The Balaban J connectivity index is 1.83. The first kappa shape index (κ1) is 13.4. The van der Waals surface area contributed by atoms with Crippen molar-refractivity contribution in [1.82, 2.24) is 20.3 Å². The molecular formula is C12H14F2N4O. The second-order valence-electron chi connectivity index (χ2n) is 3.93. The molecule has 0 amide bonds. The summed E-state index contributed by atoms with van der Waals surface area (Å²) in [6, 6.07) is 3.43. The monoisotopic (exact) mass is 268 g/mol. The first-order valence-corrected chi connectivity index (χ1v) is 5.80. The topological polar surface area (TPSA) is 52.0 Å². The van der Waals surface area contributed by atoms with Crippen molar-refractivity contribution in [2.24, 2.45) is 0 Å². The van der Waals surface area contributed by atoms with Crippen LogP contribution >= 0.6 is 0 Å². The van der Waals surface area contributed by atoms with Crippen LogP contribution in [0.1, 0.15) is 5.69 Å². The standard InChI is InChI=1S/C12H14F2N4O/c1-15-7-9-8-18(17-16-9)4-5-19-10-2-3-11(13)12(14)6-10/h2-3,6,8,15H,4-5,7H2,1H3. The molecule has 0 radical (unpaired) electrons. The van der Waals surface area contributed by atoms with E-state index in [0.717, 1.165) is 17.8 Å². The molecule has 0 aliphatic carbocycles. The number of halogens is 2. The molecule has 2 rings (SSSR count). The zero-order valence-electron chi connectivity index (χ0n) is 10.4. The van der Waals surface area contributed by atoms with Crippen molar-refractivity contribution in [2.75, 3.05) is 13.7 Å². The van der Waals surface area contributed by atoms with Crippen LogP contribution in [0.2, 0.25) is 0 Å². The molecule has 0 saturated carbocycles. The molecule has 2 aromatic rings. The van der Waals surface area contributed by atoms with Crippen LogP contribution in [0.4, 0.5) is 8.78 Å². The Kier molecular flexibility index (Phi) is 4.40. The van der Waals surface area contributed by atoms with E-state index in [-0.39, 0.29) is 5.75 Å². The Labute approximate surface area is 109 Å². The second-order valence-corrected chi connectivity index (χ2v) is 3.93. The first-order chi connectivity index (χ1) is 9.19. The van der Waals surface area contributed by atoms with Gasteiger partial charge in [-0.15, -0.1) is 5.10 Å². The number of hydrogen-bond acceptors (Lipinski definition) is 4. The zero-order chi connectivity index (χ0) is 13.7. The minimum Gasteiger partial charge on any atom is -0.492 e. The molecule has 0 spiro atoms. The van der Waals surface area contributed by atoms with Gasteiger partial charge in [0.05, 0.1) is 12.2 Å². The van der Waals surface area contributed by atoms with Gasteiger partial charge in [0.1, 0.15) is 12.4 Å². The number of aromatic nitrogens is 3. The summed E-state index contributed by atoms with van der Waals surface area (Å²) in [5.41, 5.74) is 0.829. The highest BCUT2D eigenvalue weighted by Crippen LogP contribution is 2.15. The summed E-state index contributed by atoms with van der Waals surface area (Å²) in [4.78, 5) is 0. The third-order valence-corrected chi connectivity index (χ3v) is 2.42. The number of nitrogens with zero attached hydrogens (tertiary/aromatic N) is 3. The van der Waals surface area contributed by atoms with E-state index in [1.807, 2.05) is 7.05 Å². The molecule has 0 bridgehead atoms. The van der Waals surface area contributed by atoms with Crippen molar-refractivity contribution >= 4 is 0 Å². The predicted octanol–water partition coefficient (Wildman–Crippen LogP) is 1.35. The molecule has 1 N–H and O–H groups in total. The number of hydrogen-bond donors (Lipinski definition) is 1. The molecule has 1 aromatic carbocycles. The molecule has 7 heteroatoms. The van der Waals surface area contributed by atoms with Crippen molar-refractivity contribution in [2.45, 2.75) is 13.1 Å². The fourth-order valence-corrected chi connectivity index (χ4v) is 1.53. The molecule has 1 aromatic heterocycles. The Morgan fingerprint density at radius 3 is 2.89 bits per heavy atom. The molecule has 0 atom stereocenters. The van der Waals surface area contributed by atoms with Crippen LogP contribution in [0, 0.1) is 11.6 Å². The van der Waals surface area contributed by atoms with E-state index >= 15 is 0 Å². The third-order valence-electron chi connectivity index (χ3n) is 2.42. The van der Waals surface area contributed by atoms with E-state index in [1.165, 1.54) is 6.07 Å². The highest BCUT2D eigenvalue weighted by molar-refractivity contribution is 5.23. The van der Waals surface area contributed by atoms with Crippen molar-refractivity contribution < 1.29 is 13.5 Å². The molecule has 0 unspecified atom stereocenters. The van der Waals surface area contributed by atoms with Gasteiger partial charge in [-0.1, -0.05) is 5.21 Å². The third kappa shape index (κ3) is 3.72. The van der Waals surface area contributed by atoms with Crippen LogP contribution in [0.5, 0.6) is 5.75 Å². The SMILES string of the molecule is CNCc1cn(CCOc2ccc(F)c(F)c2)nn1. The maximum Gasteiger partial charge on any atom is 0.162 e. The van der Waals surface area contributed by atoms with Crippen LogP contribution in [0.25, 0.3) is 0 Å². The Morgan fingerprint density at radius 2 is 2.16 bits per heavy atom. The summed E-state index contributed by atoms with van der Waals surface area (Å²) >= 11 is 0. The molecule has 0 fully saturated rings. The van der Waals surface area contributed by atoms with Crippen LogP contribution in [0.15, 0.2) is 24.4 Å². The van der Waals surface area contributed by atoms with Gasteiger partial charge in [0.25, 0.3) is 0 Å². The summed E-state index contributed by atoms with van der Waals surface area (Å²) in [5, 5.41) is 10.8. The lowest BCUT2D eigenvalue weighted by molar-refractivity contribution is 0.287. The minimum atomic E-state index is -0.922. The van der Waals surface area contributed by atoms with Gasteiger partial charge in [-0.3, -0.25) is 0 Å². The Bertz CT molecular complexity index is 544. The average Bonchev–Trinajstić information content (AvgIpc) is 2.82. The van der Waals surface area contributed by atoms with Crippen molar-refractivity contribution in [3.05, 3.63) is 41.7 Å². The van der Waals surface area contributed by atoms with Gasteiger partial charge < -0.3 is 10.1 Å². The van der Waals surface area contributed by atoms with E-state index in [0.29, 0.717) is 19.7 Å². The maximum atomic E-state index is 12.9. The average molecular weight is 268 g/mol. The van der Waals surface area contributed by atoms with E-state index in [2.05, 4.69) is 15.6 Å². The Hall–Kier alpha value is -2.02. The lowest BCUT2D eigenvalue weighted by atomic mass is 10.3. The molecule has 102 valence electrons. The number of benzene rings is 1. The van der Waals surface area contributed by atoms with E-state index in [4.69, 9.17) is 4.74 Å². The summed E-state index contributed by atoms with van der Waals surface area (Å²) in [7, 11) is 1.82.